The zero-order valence-electron chi connectivity index (χ0n) is 9.43. The summed E-state index contributed by atoms with van der Waals surface area (Å²) in [7, 11) is 0. The minimum atomic E-state index is -0.232. The van der Waals surface area contributed by atoms with Gasteiger partial charge < -0.3 is 0 Å². The number of carbonyl (C=O) groups excluding carboxylic acids is 1. The normalized spacial score (nSPS) is 10.4. The van der Waals surface area contributed by atoms with Crippen molar-refractivity contribution in [3.63, 3.8) is 0 Å². The summed E-state index contributed by atoms with van der Waals surface area (Å²) >= 11 is 3.25. The van der Waals surface area contributed by atoms with Crippen LogP contribution in [0.15, 0.2) is 22.7 Å². The lowest BCUT2D eigenvalue weighted by Crippen LogP contribution is -1.98. The topological polar surface area (TPSA) is 17.1 Å². The van der Waals surface area contributed by atoms with E-state index in [0.717, 1.165) is 29.3 Å². The van der Waals surface area contributed by atoms with E-state index in [1.807, 2.05) is 13.0 Å². The van der Waals surface area contributed by atoms with Gasteiger partial charge in [-0.05, 0) is 43.0 Å². The van der Waals surface area contributed by atoms with Gasteiger partial charge in [-0.2, -0.15) is 0 Å². The van der Waals surface area contributed by atoms with E-state index in [4.69, 9.17) is 0 Å². The van der Waals surface area contributed by atoms with E-state index in [1.54, 1.807) is 0 Å². The molecule has 0 fully saturated rings. The van der Waals surface area contributed by atoms with E-state index in [-0.39, 0.29) is 5.82 Å². The van der Waals surface area contributed by atoms with Gasteiger partial charge in [0.15, 0.2) is 0 Å². The molecule has 0 aromatic heterocycles. The number of rotatable bonds is 6. The lowest BCUT2D eigenvalue weighted by atomic mass is 10.0. The maximum atomic E-state index is 13.0. The van der Waals surface area contributed by atoms with Crippen molar-refractivity contribution in [1.82, 2.24) is 0 Å². The largest absolute Gasteiger partial charge is 0.300 e. The van der Waals surface area contributed by atoms with E-state index in [1.165, 1.54) is 12.1 Å². The fourth-order valence-corrected chi connectivity index (χ4v) is 2.16. The van der Waals surface area contributed by atoms with Gasteiger partial charge in [0.05, 0.1) is 0 Å². The molecule has 0 aliphatic rings. The number of aryl methyl sites for hydroxylation is 1. The van der Waals surface area contributed by atoms with Gasteiger partial charge in [-0.15, -0.1) is 0 Å². The highest BCUT2D eigenvalue weighted by molar-refractivity contribution is 9.10. The highest BCUT2D eigenvalue weighted by Crippen LogP contribution is 2.16. The predicted octanol–water partition coefficient (Wildman–Crippen LogP) is 4.28. The van der Waals surface area contributed by atoms with Gasteiger partial charge in [0.1, 0.15) is 11.6 Å². The molecule has 1 aromatic rings. The number of benzene rings is 1. The first-order valence-corrected chi connectivity index (χ1v) is 6.37. The molecule has 16 heavy (non-hydrogen) atoms. The maximum absolute atomic E-state index is 13.0. The molecule has 1 nitrogen and oxygen atoms in total. The summed E-state index contributed by atoms with van der Waals surface area (Å²) in [6.45, 7) is 2.00. The second-order valence-electron chi connectivity index (χ2n) is 3.92. The van der Waals surface area contributed by atoms with Crippen molar-refractivity contribution in [3.8, 4) is 0 Å². The van der Waals surface area contributed by atoms with Crippen molar-refractivity contribution in [2.24, 2.45) is 0 Å². The molecule has 0 heterocycles. The molecule has 0 N–H and O–H groups in total. The Bertz CT molecular complexity index is 343. The molecule has 0 saturated carbocycles. The van der Waals surface area contributed by atoms with Crippen molar-refractivity contribution in [2.75, 3.05) is 0 Å². The molecule has 0 saturated heterocycles. The van der Waals surface area contributed by atoms with Crippen LogP contribution in [0.4, 0.5) is 4.39 Å². The third-order valence-electron chi connectivity index (χ3n) is 2.37. The molecule has 0 amide bonds. The van der Waals surface area contributed by atoms with Crippen molar-refractivity contribution < 1.29 is 9.18 Å². The van der Waals surface area contributed by atoms with E-state index < -0.39 is 0 Å². The van der Waals surface area contributed by atoms with E-state index >= 15 is 0 Å². The first kappa shape index (κ1) is 13.4. The van der Waals surface area contributed by atoms with Gasteiger partial charge >= 0.3 is 0 Å². The van der Waals surface area contributed by atoms with Gasteiger partial charge in [0, 0.05) is 17.3 Å². The Hall–Kier alpha value is -0.700. The SMILES string of the molecule is CCCC(=O)CCCc1cc(F)cc(Br)c1. The van der Waals surface area contributed by atoms with Gasteiger partial charge in [-0.25, -0.2) is 4.39 Å². The standard InChI is InChI=1S/C13H16BrFO/c1-2-4-13(16)6-3-5-10-7-11(14)9-12(15)8-10/h7-9H,2-6H2,1H3. The quantitative estimate of drug-likeness (QED) is 0.763. The molecule has 0 aliphatic heterocycles. The summed E-state index contributed by atoms with van der Waals surface area (Å²) in [6.07, 6.45) is 3.72. The van der Waals surface area contributed by atoms with Crippen LogP contribution in [0.5, 0.6) is 0 Å². The van der Waals surface area contributed by atoms with Crippen LogP contribution in [0.2, 0.25) is 0 Å². The number of hydrogen-bond donors (Lipinski definition) is 0. The third-order valence-corrected chi connectivity index (χ3v) is 2.83. The Labute approximate surface area is 104 Å². The minimum Gasteiger partial charge on any atom is -0.300 e. The van der Waals surface area contributed by atoms with Crippen LogP contribution >= 0.6 is 15.9 Å². The molecule has 1 aromatic carbocycles. The summed E-state index contributed by atoms with van der Waals surface area (Å²) in [5.41, 5.74) is 0.941. The predicted molar refractivity (Wildman–Crippen MR) is 67.0 cm³/mol. The van der Waals surface area contributed by atoms with Crippen molar-refractivity contribution in [2.45, 2.75) is 39.0 Å². The smallest absolute Gasteiger partial charge is 0.132 e. The molecule has 0 bridgehead atoms. The Morgan fingerprint density at radius 2 is 2.06 bits per heavy atom. The van der Waals surface area contributed by atoms with Crippen LogP contribution in [-0.2, 0) is 11.2 Å². The van der Waals surface area contributed by atoms with Crippen LogP contribution in [0.25, 0.3) is 0 Å². The fraction of sp³-hybridized carbons (Fsp3) is 0.462. The maximum Gasteiger partial charge on any atom is 0.132 e. The number of ketones is 1. The Kier molecular flexibility index (Phi) is 5.67. The summed E-state index contributed by atoms with van der Waals surface area (Å²) in [4.78, 5) is 11.3. The van der Waals surface area contributed by atoms with Crippen LogP contribution in [-0.4, -0.2) is 5.78 Å². The summed E-state index contributed by atoms with van der Waals surface area (Å²) in [6, 6.07) is 4.86. The zero-order valence-corrected chi connectivity index (χ0v) is 11.0. The van der Waals surface area contributed by atoms with E-state index in [0.29, 0.717) is 18.6 Å². The molecular weight excluding hydrogens is 271 g/mol. The number of carbonyl (C=O) groups is 1. The molecule has 0 atom stereocenters. The van der Waals surface area contributed by atoms with E-state index in [2.05, 4.69) is 15.9 Å². The molecule has 0 spiro atoms. The molecule has 0 aliphatic carbocycles. The second-order valence-corrected chi connectivity index (χ2v) is 4.84. The molecule has 0 unspecified atom stereocenters. The van der Waals surface area contributed by atoms with Crippen molar-refractivity contribution in [3.05, 3.63) is 34.1 Å². The lowest BCUT2D eigenvalue weighted by Gasteiger charge is -2.02. The number of Topliss-reactive ketones (excluding diaryl/α,β-unsaturated/α-hetero) is 1. The minimum absolute atomic E-state index is 0.232. The third kappa shape index (κ3) is 4.88. The van der Waals surface area contributed by atoms with Gasteiger partial charge in [0.25, 0.3) is 0 Å². The molecule has 88 valence electrons. The van der Waals surface area contributed by atoms with Crippen LogP contribution < -0.4 is 0 Å². The number of halogens is 2. The van der Waals surface area contributed by atoms with Crippen LogP contribution in [0.3, 0.4) is 0 Å². The summed E-state index contributed by atoms with van der Waals surface area (Å²) in [5.74, 6) is 0.0715. The van der Waals surface area contributed by atoms with Crippen molar-refractivity contribution >= 4 is 21.7 Å². The second kappa shape index (κ2) is 6.79. The lowest BCUT2D eigenvalue weighted by molar-refractivity contribution is -0.119. The van der Waals surface area contributed by atoms with Gasteiger partial charge in [0.2, 0.25) is 0 Å². The highest BCUT2D eigenvalue weighted by Gasteiger charge is 2.02. The Morgan fingerprint density at radius 1 is 1.31 bits per heavy atom. The van der Waals surface area contributed by atoms with E-state index in [9.17, 15) is 9.18 Å². The van der Waals surface area contributed by atoms with Gasteiger partial charge in [-0.1, -0.05) is 22.9 Å². The Balaban J connectivity index is 2.40. The molecule has 3 heteroatoms. The zero-order chi connectivity index (χ0) is 12.0. The average Bonchev–Trinajstić information content (AvgIpc) is 2.16. The monoisotopic (exact) mass is 286 g/mol. The fourth-order valence-electron chi connectivity index (χ4n) is 1.65. The highest BCUT2D eigenvalue weighted by atomic mass is 79.9. The summed E-state index contributed by atoms with van der Waals surface area (Å²) in [5, 5.41) is 0. The molecule has 1 rings (SSSR count). The average molecular weight is 287 g/mol. The van der Waals surface area contributed by atoms with Gasteiger partial charge in [-0.3, -0.25) is 4.79 Å². The molecular formula is C13H16BrFO. The Morgan fingerprint density at radius 3 is 2.69 bits per heavy atom. The number of hydrogen-bond acceptors (Lipinski definition) is 1. The first-order valence-electron chi connectivity index (χ1n) is 5.58. The van der Waals surface area contributed by atoms with Crippen molar-refractivity contribution in [1.29, 1.82) is 0 Å². The first-order chi connectivity index (χ1) is 7.61. The van der Waals surface area contributed by atoms with Crippen LogP contribution in [0.1, 0.15) is 38.2 Å². The summed E-state index contributed by atoms with van der Waals surface area (Å²) < 4.78 is 13.8. The van der Waals surface area contributed by atoms with Crippen LogP contribution in [0, 0.1) is 5.82 Å². The molecule has 0 radical (unpaired) electrons.